The molecular formula is C14H15NO2. The Morgan fingerprint density at radius 1 is 1.35 bits per heavy atom. The number of ether oxygens (including phenoxy) is 1. The zero-order chi connectivity index (χ0) is 12.3. The highest BCUT2D eigenvalue weighted by molar-refractivity contribution is 5.84. The van der Waals surface area contributed by atoms with Crippen LogP contribution in [0.5, 0.6) is 5.75 Å². The van der Waals surface area contributed by atoms with Gasteiger partial charge in [0.1, 0.15) is 23.2 Å². The van der Waals surface area contributed by atoms with E-state index in [-0.39, 0.29) is 11.9 Å². The number of fused-ring (bicyclic) bond motifs is 1. The third-order valence-electron chi connectivity index (χ3n) is 2.50. The van der Waals surface area contributed by atoms with Crippen molar-refractivity contribution in [1.82, 2.24) is 4.98 Å². The van der Waals surface area contributed by atoms with Crippen molar-refractivity contribution in [3.63, 3.8) is 0 Å². The number of carbonyl (C=O) groups excluding carboxylic acids is 1. The number of rotatable bonds is 4. The van der Waals surface area contributed by atoms with Crippen molar-refractivity contribution in [3.05, 3.63) is 36.5 Å². The monoisotopic (exact) mass is 229 g/mol. The molecule has 3 heteroatoms. The van der Waals surface area contributed by atoms with Crippen LogP contribution in [0.25, 0.3) is 10.9 Å². The van der Waals surface area contributed by atoms with E-state index in [1.165, 1.54) is 0 Å². The number of pyridine rings is 1. The number of para-hydroxylation sites is 1. The second kappa shape index (κ2) is 4.95. The average Bonchev–Trinajstić information content (AvgIpc) is 2.28. The van der Waals surface area contributed by atoms with Gasteiger partial charge in [0.15, 0.2) is 0 Å². The summed E-state index contributed by atoms with van der Waals surface area (Å²) in [6.45, 7) is 3.46. The molecule has 0 fully saturated rings. The minimum atomic E-state index is -0.125. The van der Waals surface area contributed by atoms with E-state index in [0.29, 0.717) is 6.42 Å². The Morgan fingerprint density at radius 2 is 2.12 bits per heavy atom. The van der Waals surface area contributed by atoms with Crippen molar-refractivity contribution in [1.29, 1.82) is 0 Å². The Balaban J connectivity index is 2.26. The van der Waals surface area contributed by atoms with Gasteiger partial charge in [0.05, 0.1) is 0 Å². The van der Waals surface area contributed by atoms with Crippen molar-refractivity contribution < 1.29 is 9.53 Å². The average molecular weight is 229 g/mol. The van der Waals surface area contributed by atoms with Crippen molar-refractivity contribution in [2.45, 2.75) is 26.4 Å². The molecule has 0 aliphatic heterocycles. The number of nitrogens with zero attached hydrogens (tertiary/aromatic N) is 1. The molecule has 1 heterocycles. The first-order valence-corrected chi connectivity index (χ1v) is 5.66. The van der Waals surface area contributed by atoms with Gasteiger partial charge >= 0.3 is 0 Å². The lowest BCUT2D eigenvalue weighted by molar-refractivity contribution is -0.118. The largest absolute Gasteiger partial charge is 0.488 e. The highest BCUT2D eigenvalue weighted by Crippen LogP contribution is 2.24. The lowest BCUT2D eigenvalue weighted by atomic mass is 10.2. The standard InChI is InChI=1S/C14H15NO2/c1-10(16)9-11(2)17-13-7-3-5-12-6-4-8-15-14(12)13/h3-8,11H,9H2,1-2H3. The summed E-state index contributed by atoms with van der Waals surface area (Å²) in [6, 6.07) is 9.69. The lowest BCUT2D eigenvalue weighted by Gasteiger charge is -2.14. The van der Waals surface area contributed by atoms with E-state index in [9.17, 15) is 4.79 Å². The second-order valence-corrected chi connectivity index (χ2v) is 4.17. The molecule has 0 saturated heterocycles. The molecule has 0 spiro atoms. The minimum absolute atomic E-state index is 0.125. The molecule has 0 amide bonds. The van der Waals surface area contributed by atoms with Crippen LogP contribution < -0.4 is 4.74 Å². The maximum absolute atomic E-state index is 11.0. The number of hydrogen-bond acceptors (Lipinski definition) is 3. The van der Waals surface area contributed by atoms with Crippen molar-refractivity contribution in [3.8, 4) is 5.75 Å². The first-order chi connectivity index (χ1) is 8.16. The van der Waals surface area contributed by atoms with Gasteiger partial charge in [-0.1, -0.05) is 18.2 Å². The van der Waals surface area contributed by atoms with Crippen LogP contribution in [0.15, 0.2) is 36.5 Å². The predicted molar refractivity (Wildman–Crippen MR) is 67.1 cm³/mol. The molecular weight excluding hydrogens is 214 g/mol. The van der Waals surface area contributed by atoms with Crippen LogP contribution in [0.3, 0.4) is 0 Å². The summed E-state index contributed by atoms with van der Waals surface area (Å²) in [7, 11) is 0. The SMILES string of the molecule is CC(=O)CC(C)Oc1cccc2cccnc12. The number of benzene rings is 1. The molecule has 0 N–H and O–H groups in total. The van der Waals surface area contributed by atoms with E-state index in [2.05, 4.69) is 4.98 Å². The zero-order valence-electron chi connectivity index (χ0n) is 10.0. The first kappa shape index (κ1) is 11.6. The zero-order valence-corrected chi connectivity index (χ0v) is 10.0. The molecule has 3 nitrogen and oxygen atoms in total. The Kier molecular flexibility index (Phi) is 3.38. The highest BCUT2D eigenvalue weighted by atomic mass is 16.5. The molecule has 17 heavy (non-hydrogen) atoms. The van der Waals surface area contributed by atoms with Gasteiger partial charge in [0, 0.05) is 18.0 Å². The number of Topliss-reactive ketones (excluding diaryl/α,β-unsaturated/α-hetero) is 1. The maximum Gasteiger partial charge on any atom is 0.145 e. The molecule has 2 rings (SSSR count). The van der Waals surface area contributed by atoms with Crippen molar-refractivity contribution >= 4 is 16.7 Å². The highest BCUT2D eigenvalue weighted by Gasteiger charge is 2.09. The quantitative estimate of drug-likeness (QED) is 0.809. The fourth-order valence-corrected chi connectivity index (χ4v) is 1.83. The molecule has 1 unspecified atom stereocenters. The third kappa shape index (κ3) is 2.81. The lowest BCUT2D eigenvalue weighted by Crippen LogP contribution is -2.15. The van der Waals surface area contributed by atoms with Crippen LogP contribution in [0, 0.1) is 0 Å². The van der Waals surface area contributed by atoms with Gasteiger partial charge in [-0.3, -0.25) is 9.78 Å². The number of ketones is 1. The van der Waals surface area contributed by atoms with E-state index >= 15 is 0 Å². The molecule has 0 saturated carbocycles. The molecule has 1 aromatic carbocycles. The molecule has 0 aliphatic rings. The first-order valence-electron chi connectivity index (χ1n) is 5.66. The molecule has 88 valence electrons. The summed E-state index contributed by atoms with van der Waals surface area (Å²) in [4.78, 5) is 15.3. The number of aromatic nitrogens is 1. The van der Waals surface area contributed by atoms with Gasteiger partial charge in [-0.05, 0) is 26.0 Å². The Labute approximate surface area is 100 Å². The van der Waals surface area contributed by atoms with Crippen LogP contribution >= 0.6 is 0 Å². The van der Waals surface area contributed by atoms with Crippen LogP contribution in [-0.4, -0.2) is 16.9 Å². The molecule has 2 aromatic rings. The molecule has 0 bridgehead atoms. The predicted octanol–water partition coefficient (Wildman–Crippen LogP) is 2.98. The fourth-order valence-electron chi connectivity index (χ4n) is 1.83. The minimum Gasteiger partial charge on any atom is -0.488 e. The van der Waals surface area contributed by atoms with Gasteiger partial charge in [0.2, 0.25) is 0 Å². The van der Waals surface area contributed by atoms with E-state index < -0.39 is 0 Å². The smallest absolute Gasteiger partial charge is 0.145 e. The number of hydrogen-bond donors (Lipinski definition) is 0. The van der Waals surface area contributed by atoms with Gasteiger partial charge in [-0.25, -0.2) is 0 Å². The van der Waals surface area contributed by atoms with Crippen molar-refractivity contribution in [2.75, 3.05) is 0 Å². The normalized spacial score (nSPS) is 12.4. The van der Waals surface area contributed by atoms with Crippen LogP contribution in [0.2, 0.25) is 0 Å². The van der Waals surface area contributed by atoms with Crippen LogP contribution in [0.1, 0.15) is 20.3 Å². The van der Waals surface area contributed by atoms with Crippen molar-refractivity contribution in [2.24, 2.45) is 0 Å². The Hall–Kier alpha value is -1.90. The van der Waals surface area contributed by atoms with E-state index in [4.69, 9.17) is 4.74 Å². The summed E-state index contributed by atoms with van der Waals surface area (Å²) in [5.41, 5.74) is 0.838. The van der Waals surface area contributed by atoms with E-state index in [1.54, 1.807) is 13.1 Å². The molecule has 0 radical (unpaired) electrons. The summed E-state index contributed by atoms with van der Waals surface area (Å²) >= 11 is 0. The maximum atomic E-state index is 11.0. The van der Waals surface area contributed by atoms with E-state index in [0.717, 1.165) is 16.7 Å². The summed E-state index contributed by atoms with van der Waals surface area (Å²) in [5.74, 6) is 0.863. The molecule has 1 atom stereocenters. The second-order valence-electron chi connectivity index (χ2n) is 4.17. The topological polar surface area (TPSA) is 39.2 Å². The van der Waals surface area contributed by atoms with Gasteiger partial charge in [-0.2, -0.15) is 0 Å². The Bertz CT molecular complexity index is 531. The Morgan fingerprint density at radius 3 is 2.88 bits per heavy atom. The summed E-state index contributed by atoms with van der Waals surface area (Å²) < 4.78 is 5.76. The van der Waals surface area contributed by atoms with Gasteiger partial charge < -0.3 is 4.74 Å². The van der Waals surface area contributed by atoms with Crippen LogP contribution in [-0.2, 0) is 4.79 Å². The summed E-state index contributed by atoms with van der Waals surface area (Å²) in [6.07, 6.45) is 2.04. The van der Waals surface area contributed by atoms with Gasteiger partial charge in [-0.15, -0.1) is 0 Å². The fraction of sp³-hybridized carbons (Fsp3) is 0.286. The molecule has 0 aliphatic carbocycles. The molecule has 1 aromatic heterocycles. The third-order valence-corrected chi connectivity index (χ3v) is 2.50. The number of carbonyl (C=O) groups is 1. The van der Waals surface area contributed by atoms with Crippen LogP contribution in [0.4, 0.5) is 0 Å². The van der Waals surface area contributed by atoms with E-state index in [1.807, 2.05) is 37.3 Å². The van der Waals surface area contributed by atoms with Gasteiger partial charge in [0.25, 0.3) is 0 Å². The summed E-state index contributed by atoms with van der Waals surface area (Å²) in [5, 5.41) is 1.04.